The lowest BCUT2D eigenvalue weighted by molar-refractivity contribution is -0.395. The maximum Gasteiger partial charge on any atom is 0.317 e. The average molecular weight is 536 g/mol. The third-order valence-electron chi connectivity index (χ3n) is 7.10. The fourth-order valence-corrected chi connectivity index (χ4v) is 5.42. The van der Waals surface area contributed by atoms with Crippen LogP contribution in [0.15, 0.2) is 71.8 Å². The lowest BCUT2D eigenvalue weighted by Crippen LogP contribution is -2.24. The van der Waals surface area contributed by atoms with Crippen LogP contribution in [0.2, 0.25) is 0 Å². The molecule has 39 heavy (non-hydrogen) atoms. The number of fused-ring (bicyclic) bond motifs is 4. The van der Waals surface area contributed by atoms with Crippen molar-refractivity contribution in [3.05, 3.63) is 112 Å². The first kappa shape index (κ1) is 25.5. The van der Waals surface area contributed by atoms with E-state index in [-0.39, 0.29) is 48.4 Å². The molecule has 0 spiro atoms. The maximum atomic E-state index is 11.5. The van der Waals surface area contributed by atoms with Crippen LogP contribution in [-0.4, -0.2) is 32.9 Å². The van der Waals surface area contributed by atoms with Gasteiger partial charge in [-0.15, -0.1) is 0 Å². The van der Waals surface area contributed by atoms with Crippen molar-refractivity contribution in [2.75, 3.05) is 13.2 Å². The third kappa shape index (κ3) is 4.91. The van der Waals surface area contributed by atoms with E-state index in [4.69, 9.17) is 9.47 Å². The number of hydrogen-bond acceptors (Lipinski definition) is 10. The van der Waals surface area contributed by atoms with Gasteiger partial charge in [0.15, 0.2) is 11.5 Å². The van der Waals surface area contributed by atoms with Gasteiger partial charge in [-0.1, -0.05) is 29.9 Å². The Hall–Kier alpha value is -5.14. The summed E-state index contributed by atoms with van der Waals surface area (Å²) in [5.41, 5.74) is 0.00133. The van der Waals surface area contributed by atoms with E-state index in [0.717, 1.165) is 41.8 Å². The summed E-state index contributed by atoms with van der Waals surface area (Å²) in [6, 6.07) is 6.37. The Kier molecular flexibility index (Phi) is 6.52. The van der Waals surface area contributed by atoms with Gasteiger partial charge < -0.3 is 9.47 Å². The van der Waals surface area contributed by atoms with Gasteiger partial charge in [-0.05, 0) is 36.0 Å². The number of benzene rings is 2. The van der Waals surface area contributed by atoms with E-state index >= 15 is 0 Å². The minimum atomic E-state index is -0.741. The molecule has 14 nitrogen and oxygen atoms in total. The van der Waals surface area contributed by atoms with Crippen molar-refractivity contribution in [2.24, 2.45) is 23.7 Å². The summed E-state index contributed by atoms with van der Waals surface area (Å²) in [4.78, 5) is 42.1. The molecule has 4 atom stereocenters. The Morgan fingerprint density at radius 2 is 1.33 bits per heavy atom. The van der Waals surface area contributed by atoms with Gasteiger partial charge in [0, 0.05) is 24.0 Å². The fraction of sp³-hybridized carbons (Fsp3) is 0.280. The Morgan fingerprint density at radius 1 is 0.744 bits per heavy atom. The summed E-state index contributed by atoms with van der Waals surface area (Å²) in [5.74, 6) is -0.122. The van der Waals surface area contributed by atoms with Crippen molar-refractivity contribution in [2.45, 2.75) is 6.42 Å². The van der Waals surface area contributed by atoms with E-state index in [9.17, 15) is 40.5 Å². The SMILES string of the molecule is O=[N+]([O-])c1ccc(OCC2=C[C@@H](COc3ccc([N+](=O)[O-])cc3[N+](=O)[O-])C3=C[C@H]4C=C[C@H](C4)[C@H]23)c([N+](=O)[O-])c1. The van der Waals surface area contributed by atoms with Gasteiger partial charge in [0.2, 0.25) is 0 Å². The minimum Gasteiger partial charge on any atom is -0.486 e. The lowest BCUT2D eigenvalue weighted by Gasteiger charge is -2.29. The number of hydrogen-bond donors (Lipinski definition) is 0. The van der Waals surface area contributed by atoms with Gasteiger partial charge in [-0.25, -0.2) is 0 Å². The fourth-order valence-electron chi connectivity index (χ4n) is 5.42. The highest BCUT2D eigenvalue weighted by Crippen LogP contribution is 2.50. The Morgan fingerprint density at radius 3 is 1.90 bits per heavy atom. The molecular formula is C25H20N4O10. The predicted octanol–water partition coefficient (Wildman–Crippen LogP) is 5.08. The second kappa shape index (κ2) is 9.96. The van der Waals surface area contributed by atoms with E-state index in [0.29, 0.717) is 0 Å². The van der Waals surface area contributed by atoms with Crippen molar-refractivity contribution in [3.8, 4) is 11.5 Å². The molecule has 0 saturated carbocycles. The molecule has 0 aliphatic heterocycles. The quantitative estimate of drug-likeness (QED) is 0.225. The molecule has 0 N–H and O–H groups in total. The first-order valence-electron chi connectivity index (χ1n) is 11.8. The largest absolute Gasteiger partial charge is 0.486 e. The predicted molar refractivity (Wildman–Crippen MR) is 134 cm³/mol. The molecule has 0 amide bonds. The van der Waals surface area contributed by atoms with Crippen molar-refractivity contribution in [3.63, 3.8) is 0 Å². The van der Waals surface area contributed by atoms with Crippen LogP contribution in [0.3, 0.4) is 0 Å². The summed E-state index contributed by atoms with van der Waals surface area (Å²) >= 11 is 0. The Balaban J connectivity index is 1.39. The second-order valence-electron chi connectivity index (χ2n) is 9.37. The zero-order valence-corrected chi connectivity index (χ0v) is 20.1. The molecule has 0 radical (unpaired) electrons. The van der Waals surface area contributed by atoms with E-state index in [1.165, 1.54) is 12.1 Å². The minimum absolute atomic E-state index is 0.0101. The molecule has 3 aliphatic rings. The number of rotatable bonds is 10. The van der Waals surface area contributed by atoms with Crippen LogP contribution in [0.5, 0.6) is 11.5 Å². The smallest absolute Gasteiger partial charge is 0.317 e. The second-order valence-corrected chi connectivity index (χ2v) is 9.37. The summed E-state index contributed by atoms with van der Waals surface area (Å²) in [5, 5.41) is 45.0. The van der Waals surface area contributed by atoms with E-state index in [1.807, 2.05) is 6.08 Å². The topological polar surface area (TPSA) is 191 Å². The van der Waals surface area contributed by atoms with Gasteiger partial charge in [0.25, 0.3) is 11.4 Å². The molecule has 14 heteroatoms. The summed E-state index contributed by atoms with van der Waals surface area (Å²) < 4.78 is 11.6. The van der Waals surface area contributed by atoms with Crippen LogP contribution in [-0.2, 0) is 0 Å². The molecule has 3 aliphatic carbocycles. The average Bonchev–Trinajstić information content (AvgIpc) is 3.46. The summed E-state index contributed by atoms with van der Waals surface area (Å²) in [7, 11) is 0. The van der Waals surface area contributed by atoms with Crippen LogP contribution in [0.25, 0.3) is 0 Å². The van der Waals surface area contributed by atoms with E-state index in [2.05, 4.69) is 18.2 Å². The maximum absolute atomic E-state index is 11.5. The number of ether oxygens (including phenoxy) is 2. The first-order chi connectivity index (χ1) is 18.6. The van der Waals surface area contributed by atoms with Crippen LogP contribution in [0, 0.1) is 64.1 Å². The van der Waals surface area contributed by atoms with Gasteiger partial charge >= 0.3 is 11.4 Å². The van der Waals surface area contributed by atoms with E-state index < -0.39 is 42.4 Å². The van der Waals surface area contributed by atoms with Crippen LogP contribution in [0.4, 0.5) is 22.7 Å². The summed E-state index contributed by atoms with van der Waals surface area (Å²) in [6.07, 6.45) is 9.16. The molecule has 200 valence electrons. The zero-order chi connectivity index (χ0) is 27.8. The molecule has 2 bridgehead atoms. The molecule has 2 aromatic carbocycles. The molecular weight excluding hydrogens is 516 g/mol. The third-order valence-corrected chi connectivity index (χ3v) is 7.10. The van der Waals surface area contributed by atoms with Crippen LogP contribution >= 0.6 is 0 Å². The Bertz CT molecular complexity index is 1500. The summed E-state index contributed by atoms with van der Waals surface area (Å²) in [6.45, 7) is 0.0193. The lowest BCUT2D eigenvalue weighted by atomic mass is 9.76. The number of allylic oxidation sites excluding steroid dienone is 3. The first-order valence-corrected chi connectivity index (χ1v) is 11.8. The monoisotopic (exact) mass is 536 g/mol. The normalized spacial score (nSPS) is 22.5. The van der Waals surface area contributed by atoms with Crippen molar-refractivity contribution in [1.82, 2.24) is 0 Å². The molecule has 0 aromatic heterocycles. The molecule has 2 aromatic rings. The van der Waals surface area contributed by atoms with E-state index in [1.54, 1.807) is 0 Å². The van der Waals surface area contributed by atoms with Crippen molar-refractivity contribution < 1.29 is 29.2 Å². The molecule has 0 unspecified atom stereocenters. The Labute approximate surface area is 219 Å². The van der Waals surface area contributed by atoms with Gasteiger partial charge in [-0.2, -0.15) is 0 Å². The van der Waals surface area contributed by atoms with Crippen molar-refractivity contribution >= 4 is 22.7 Å². The molecule has 0 fully saturated rings. The zero-order valence-electron chi connectivity index (χ0n) is 20.1. The highest BCUT2D eigenvalue weighted by Gasteiger charge is 2.42. The van der Waals surface area contributed by atoms with Crippen molar-refractivity contribution in [1.29, 1.82) is 0 Å². The van der Waals surface area contributed by atoms with Crippen LogP contribution in [0.1, 0.15) is 6.42 Å². The standard InChI is InChI=1S/C25H20N4O10/c30-26(31)18-3-5-23(21(10-18)28(34)35)38-12-16-9-17(25-15-2-1-14(7-15)8-20(16)25)13-39-24-6-4-19(27(32)33)11-22(24)29(36)37/h1-6,8-11,14-16,25H,7,12-13H2/t14-,15+,16-,25+/m0/s1. The molecule has 5 rings (SSSR count). The highest BCUT2D eigenvalue weighted by molar-refractivity contribution is 5.55. The number of nitro benzene ring substituents is 4. The van der Waals surface area contributed by atoms with Gasteiger partial charge in [-0.3, -0.25) is 40.5 Å². The number of non-ortho nitro benzene ring substituents is 2. The number of nitro groups is 4. The molecule has 0 heterocycles. The number of nitrogens with zero attached hydrogens (tertiary/aromatic N) is 4. The van der Waals surface area contributed by atoms with Gasteiger partial charge in [0.1, 0.15) is 6.61 Å². The van der Waals surface area contributed by atoms with Gasteiger partial charge in [0.05, 0.1) is 38.4 Å². The van der Waals surface area contributed by atoms with Crippen LogP contribution < -0.4 is 9.47 Å². The highest BCUT2D eigenvalue weighted by atomic mass is 16.6. The molecule has 0 saturated heterocycles.